The number of nitrogens with zero attached hydrogens (tertiary/aromatic N) is 9. The van der Waals surface area contributed by atoms with Crippen LogP contribution in [0.1, 0.15) is 84.8 Å². The van der Waals surface area contributed by atoms with Gasteiger partial charge in [-0.25, -0.2) is 19.3 Å². The average Bonchev–Trinajstić information content (AvgIpc) is 3.58. The minimum Gasteiger partial charge on any atom is -0.369 e. The van der Waals surface area contributed by atoms with Crippen molar-refractivity contribution >= 4 is 58.1 Å². The van der Waals surface area contributed by atoms with Crippen LogP contribution in [0.5, 0.6) is 0 Å². The summed E-state index contributed by atoms with van der Waals surface area (Å²) in [6.07, 6.45) is 12.3. The maximum Gasteiger partial charge on any atom is 0.323 e. The smallest absolute Gasteiger partial charge is 0.323 e. The van der Waals surface area contributed by atoms with E-state index >= 15 is 0 Å². The molecule has 4 aliphatic rings. The number of unbranched alkanes of at least 4 members (excludes halogenated alkanes) is 3. The summed E-state index contributed by atoms with van der Waals surface area (Å²) in [7, 11) is 0. The summed E-state index contributed by atoms with van der Waals surface area (Å²) in [6, 6.07) is 8.34. The second kappa shape index (κ2) is 16.1. The van der Waals surface area contributed by atoms with Crippen LogP contribution in [0.25, 0.3) is 17.2 Å². The van der Waals surface area contributed by atoms with E-state index in [4.69, 9.17) is 16.1 Å². The van der Waals surface area contributed by atoms with Crippen LogP contribution in [0, 0.1) is 0 Å². The summed E-state index contributed by atoms with van der Waals surface area (Å²) < 4.78 is 7.28. The molecule has 17 nitrogen and oxygen atoms in total. The standard InChI is InChI=1S/C40H43ClN12O5/c41-29-20-26(45-40(57)46-30-22-42-32-12-13-44-53(32)36(30)24-6-7-24)21-43-35(29)37-48-34(58-49-37)5-3-1-2-4-14-50-15-17-51(18-16-50)27-8-9-28-25(19-27)23-52(39(28)56)31-10-11-33(54)47-38(31)55/h8-9,12-13,19-22,24,31H,1-7,10-11,14-18,23H2,(H2,45,46,57)(H,47,54,55). The van der Waals surface area contributed by atoms with Crippen LogP contribution in [0.4, 0.5) is 21.9 Å². The number of hydrogen-bond donors (Lipinski definition) is 3. The fourth-order valence-corrected chi connectivity index (χ4v) is 8.35. The number of pyridine rings is 1. The highest BCUT2D eigenvalue weighted by atomic mass is 35.5. The van der Waals surface area contributed by atoms with Gasteiger partial charge in [-0.1, -0.05) is 29.6 Å². The lowest BCUT2D eigenvalue weighted by molar-refractivity contribution is -0.136. The number of imide groups is 1. The first-order chi connectivity index (χ1) is 28.3. The van der Waals surface area contributed by atoms with Crippen molar-refractivity contribution in [3.8, 4) is 11.5 Å². The number of aromatic nitrogens is 6. The predicted octanol–water partition coefficient (Wildman–Crippen LogP) is 5.04. The van der Waals surface area contributed by atoms with Gasteiger partial charge in [-0.2, -0.15) is 10.1 Å². The zero-order valence-corrected chi connectivity index (χ0v) is 32.6. The lowest BCUT2D eigenvalue weighted by Gasteiger charge is -2.36. The van der Waals surface area contributed by atoms with Crippen molar-refractivity contribution in [1.82, 2.24) is 44.8 Å². The van der Waals surface area contributed by atoms with Gasteiger partial charge in [0.2, 0.25) is 23.5 Å². The van der Waals surface area contributed by atoms with Gasteiger partial charge in [0, 0.05) is 68.8 Å². The molecule has 9 rings (SSSR count). The van der Waals surface area contributed by atoms with E-state index in [2.05, 4.69) is 57.0 Å². The highest BCUT2D eigenvalue weighted by Crippen LogP contribution is 2.43. The first-order valence-electron chi connectivity index (χ1n) is 19.9. The van der Waals surface area contributed by atoms with Gasteiger partial charge in [-0.15, -0.1) is 0 Å². The molecule has 0 radical (unpaired) electrons. The van der Waals surface area contributed by atoms with Gasteiger partial charge in [0.1, 0.15) is 11.7 Å². The number of piperidine rings is 1. The molecule has 18 heteroatoms. The summed E-state index contributed by atoms with van der Waals surface area (Å²) in [6.45, 7) is 5.15. The van der Waals surface area contributed by atoms with Crippen LogP contribution >= 0.6 is 11.6 Å². The van der Waals surface area contributed by atoms with Gasteiger partial charge in [0.15, 0.2) is 5.65 Å². The highest BCUT2D eigenvalue weighted by Gasteiger charge is 2.39. The fourth-order valence-electron chi connectivity index (χ4n) is 8.10. The van der Waals surface area contributed by atoms with E-state index in [9.17, 15) is 19.2 Å². The Labute approximate surface area is 338 Å². The maximum absolute atomic E-state index is 13.1. The molecular formula is C40H43ClN12O5. The minimum atomic E-state index is -0.606. The van der Waals surface area contributed by atoms with Crippen molar-refractivity contribution in [2.75, 3.05) is 48.3 Å². The molecule has 3 aliphatic heterocycles. The molecule has 1 aliphatic carbocycles. The van der Waals surface area contributed by atoms with Gasteiger partial charge >= 0.3 is 6.03 Å². The number of carbonyl (C=O) groups is 4. The summed E-state index contributed by atoms with van der Waals surface area (Å²) >= 11 is 6.56. The number of halogens is 1. The Morgan fingerprint density at radius 1 is 0.948 bits per heavy atom. The molecule has 3 fully saturated rings. The average molecular weight is 807 g/mol. The van der Waals surface area contributed by atoms with Crippen LogP contribution in [-0.4, -0.2) is 102 Å². The second-order valence-electron chi connectivity index (χ2n) is 15.3. The van der Waals surface area contributed by atoms with E-state index in [-0.39, 0.29) is 23.3 Å². The first kappa shape index (κ1) is 37.6. The Morgan fingerprint density at radius 3 is 2.60 bits per heavy atom. The molecule has 7 heterocycles. The van der Waals surface area contributed by atoms with Crippen molar-refractivity contribution in [2.45, 2.75) is 76.3 Å². The minimum absolute atomic E-state index is 0.147. The Bertz CT molecular complexity index is 2390. The molecule has 4 aromatic heterocycles. The molecule has 5 amide bonds. The molecule has 0 bridgehead atoms. The molecule has 5 aromatic rings. The Balaban J connectivity index is 0.684. The van der Waals surface area contributed by atoms with Crippen molar-refractivity contribution < 1.29 is 23.7 Å². The number of fused-ring (bicyclic) bond motifs is 2. The van der Waals surface area contributed by atoms with Crippen molar-refractivity contribution in [2.24, 2.45) is 0 Å². The topological polar surface area (TPSA) is 196 Å². The van der Waals surface area contributed by atoms with Crippen LogP contribution in [0.2, 0.25) is 5.02 Å². The van der Waals surface area contributed by atoms with Crippen LogP contribution in [-0.2, 0) is 22.6 Å². The number of anilines is 3. The van der Waals surface area contributed by atoms with E-state index in [0.29, 0.717) is 59.7 Å². The van der Waals surface area contributed by atoms with Gasteiger partial charge in [0.25, 0.3) is 5.91 Å². The number of amides is 5. The third-order valence-corrected chi connectivity index (χ3v) is 11.6. The molecule has 58 heavy (non-hydrogen) atoms. The van der Waals surface area contributed by atoms with Gasteiger partial charge in [0.05, 0.1) is 40.7 Å². The summed E-state index contributed by atoms with van der Waals surface area (Å²) in [5.74, 6) is 0.335. The maximum atomic E-state index is 13.1. The normalized spacial score (nSPS) is 18.5. The number of hydrogen-bond acceptors (Lipinski definition) is 12. The summed E-state index contributed by atoms with van der Waals surface area (Å²) in [5, 5.41) is 16.8. The second-order valence-corrected chi connectivity index (χ2v) is 15.7. The number of piperazine rings is 1. The highest BCUT2D eigenvalue weighted by molar-refractivity contribution is 6.33. The van der Waals surface area contributed by atoms with E-state index < -0.39 is 18.0 Å². The third-order valence-electron chi connectivity index (χ3n) is 11.3. The van der Waals surface area contributed by atoms with Gasteiger partial charge in [-0.3, -0.25) is 24.6 Å². The first-order valence-corrected chi connectivity index (χ1v) is 20.3. The van der Waals surface area contributed by atoms with Gasteiger partial charge < -0.3 is 25.0 Å². The third kappa shape index (κ3) is 7.96. The molecule has 1 saturated carbocycles. The number of nitrogens with one attached hydrogen (secondary N) is 3. The molecule has 300 valence electrons. The molecule has 0 spiro atoms. The number of benzene rings is 1. The van der Waals surface area contributed by atoms with E-state index in [0.717, 1.165) is 93.8 Å². The quantitative estimate of drug-likeness (QED) is 0.106. The Morgan fingerprint density at radius 2 is 1.79 bits per heavy atom. The number of carbonyl (C=O) groups excluding carboxylic acids is 4. The lowest BCUT2D eigenvalue weighted by Crippen LogP contribution is -2.52. The van der Waals surface area contributed by atoms with Crippen molar-refractivity contribution in [3.63, 3.8) is 0 Å². The van der Waals surface area contributed by atoms with Gasteiger partial charge in [-0.05, 0) is 68.5 Å². The van der Waals surface area contributed by atoms with E-state index in [1.807, 2.05) is 18.2 Å². The zero-order chi connectivity index (χ0) is 39.8. The zero-order valence-electron chi connectivity index (χ0n) is 31.8. The van der Waals surface area contributed by atoms with Crippen molar-refractivity contribution in [1.29, 1.82) is 0 Å². The summed E-state index contributed by atoms with van der Waals surface area (Å²) in [4.78, 5) is 69.7. The molecule has 1 unspecified atom stereocenters. The summed E-state index contributed by atoms with van der Waals surface area (Å²) in [5.41, 5.74) is 5.73. The Kier molecular flexibility index (Phi) is 10.5. The van der Waals surface area contributed by atoms with E-state index in [1.54, 1.807) is 27.9 Å². The van der Waals surface area contributed by atoms with Crippen LogP contribution in [0.3, 0.4) is 0 Å². The molecule has 2 saturated heterocycles. The fraction of sp³-hybridized carbons (Fsp3) is 0.425. The van der Waals surface area contributed by atoms with E-state index in [1.165, 1.54) is 6.20 Å². The largest absolute Gasteiger partial charge is 0.369 e. The Hall–Kier alpha value is -5.94. The molecular weight excluding hydrogens is 764 g/mol. The van der Waals surface area contributed by atoms with Crippen molar-refractivity contribution in [3.05, 3.63) is 76.7 Å². The number of urea groups is 1. The lowest BCUT2D eigenvalue weighted by atomic mass is 10.0. The van der Waals surface area contributed by atoms with Crippen LogP contribution < -0.4 is 20.9 Å². The molecule has 3 N–H and O–H groups in total. The number of rotatable bonds is 13. The van der Waals surface area contributed by atoms with Crippen LogP contribution in [0.15, 0.2) is 53.4 Å². The SMILES string of the molecule is O=C1CCC(N2Cc3cc(N4CCN(CCCCCCc5nc(-c6ncc(NC(=O)Nc7cnc8ccnn8c7C7CC7)cc6Cl)no5)CC4)ccc3C2=O)C(=O)N1. The monoisotopic (exact) mass is 806 g/mol. The molecule has 1 atom stereocenters. The predicted molar refractivity (Wildman–Crippen MR) is 213 cm³/mol. The molecule has 1 aromatic carbocycles. The number of aryl methyl sites for hydroxylation is 1.